The van der Waals surface area contributed by atoms with Crippen LogP contribution < -0.4 is 16.1 Å². The first-order chi connectivity index (χ1) is 16.9. The number of carbonyl (C=O) groups is 1. The van der Waals surface area contributed by atoms with Crippen LogP contribution in [0.1, 0.15) is 44.0 Å². The molecule has 4 aromatic heterocycles. The van der Waals surface area contributed by atoms with Gasteiger partial charge in [0.1, 0.15) is 16.5 Å². The number of rotatable bonds is 8. The van der Waals surface area contributed by atoms with Gasteiger partial charge >= 0.3 is 5.69 Å². The number of aryl methyl sites for hydroxylation is 1. The summed E-state index contributed by atoms with van der Waals surface area (Å²) in [5.74, 6) is 0.253. The number of aromatic nitrogens is 5. The van der Waals surface area contributed by atoms with Gasteiger partial charge in [-0.15, -0.1) is 0 Å². The average molecular weight is 495 g/mol. The first-order valence-electron chi connectivity index (χ1n) is 11.7. The molecule has 0 aliphatic carbocycles. The third kappa shape index (κ3) is 4.64. The van der Waals surface area contributed by atoms with Crippen molar-refractivity contribution in [2.24, 2.45) is 0 Å². The smallest absolute Gasteiger partial charge is 0.331 e. The molecule has 0 bridgehead atoms. The highest BCUT2D eigenvalue weighted by Gasteiger charge is 2.19. The molecule has 0 saturated carbocycles. The molecule has 0 spiro atoms. The minimum absolute atomic E-state index is 0.234. The first kappa shape index (κ1) is 24.4. The zero-order chi connectivity index (χ0) is 25.1. The number of anilines is 1. The summed E-state index contributed by atoms with van der Waals surface area (Å²) < 4.78 is 2.93. The fourth-order valence-corrected chi connectivity index (χ4v) is 4.19. The molecule has 10 heteroatoms. The van der Waals surface area contributed by atoms with Gasteiger partial charge in [-0.2, -0.15) is 0 Å². The topological polar surface area (TPSA) is 106 Å². The summed E-state index contributed by atoms with van der Waals surface area (Å²) in [6.45, 7) is 7.09. The Balaban J connectivity index is 1.72. The molecule has 182 valence electrons. The highest BCUT2D eigenvalue weighted by molar-refractivity contribution is 6.29. The molecule has 0 saturated heterocycles. The van der Waals surface area contributed by atoms with Crippen LogP contribution in [0.15, 0.2) is 52.3 Å². The monoisotopic (exact) mass is 494 g/mol. The van der Waals surface area contributed by atoms with Crippen LogP contribution in [0.5, 0.6) is 0 Å². The van der Waals surface area contributed by atoms with Gasteiger partial charge in [0.05, 0.1) is 11.1 Å². The minimum atomic E-state index is -0.325. The number of H-pyrrole nitrogens is 1. The Morgan fingerprint density at radius 2 is 1.74 bits per heavy atom. The Morgan fingerprint density at radius 3 is 2.34 bits per heavy atom. The first-order valence-corrected chi connectivity index (χ1v) is 12.0. The number of nitrogens with zero attached hydrogens (tertiary/aromatic N) is 5. The molecule has 1 N–H and O–H groups in total. The maximum Gasteiger partial charge on any atom is 0.331 e. The average Bonchev–Trinajstić information content (AvgIpc) is 3.31. The second kappa shape index (κ2) is 10.3. The number of pyridine rings is 2. The van der Waals surface area contributed by atoms with E-state index in [2.05, 4.69) is 15.0 Å². The molecule has 0 aromatic carbocycles. The number of fused-ring (bicyclic) bond motifs is 1. The predicted molar refractivity (Wildman–Crippen MR) is 137 cm³/mol. The van der Waals surface area contributed by atoms with Crippen molar-refractivity contribution in [1.29, 1.82) is 0 Å². The molecular weight excluding hydrogens is 468 g/mol. The van der Waals surface area contributed by atoms with Crippen molar-refractivity contribution in [1.82, 2.24) is 24.1 Å². The van der Waals surface area contributed by atoms with Crippen LogP contribution in [0, 0.1) is 0 Å². The van der Waals surface area contributed by atoms with E-state index in [0.717, 1.165) is 12.0 Å². The van der Waals surface area contributed by atoms with Crippen molar-refractivity contribution in [3.05, 3.63) is 74.3 Å². The molecule has 4 aromatic rings. The number of nitrogens with one attached hydrogen (secondary N) is 1. The van der Waals surface area contributed by atoms with Crippen LogP contribution in [0.25, 0.3) is 22.3 Å². The van der Waals surface area contributed by atoms with Crippen LogP contribution in [-0.4, -0.2) is 36.5 Å². The number of hydrogen-bond acceptors (Lipinski definition) is 5. The Labute approximate surface area is 207 Å². The van der Waals surface area contributed by atoms with Gasteiger partial charge in [-0.3, -0.25) is 23.6 Å². The summed E-state index contributed by atoms with van der Waals surface area (Å²) in [6, 6.07) is 8.58. The standard InChI is InChI=1S/C25H27ClN6O3/c1-4-11-31-19-13-18(29-22(19)24(34)32(12-5-2)25(31)35)16-8-10-21(28-14-16)30(6-3)23(33)17-7-9-20(26)27-15-17/h7-10,13-15,29H,4-6,11-12H2,1-3H3. The summed E-state index contributed by atoms with van der Waals surface area (Å²) in [7, 11) is 0. The molecule has 0 fully saturated rings. The van der Waals surface area contributed by atoms with Gasteiger partial charge in [0.25, 0.3) is 11.5 Å². The molecular formula is C25H27ClN6O3. The van der Waals surface area contributed by atoms with Gasteiger partial charge in [-0.05, 0) is 50.1 Å². The van der Waals surface area contributed by atoms with Crippen LogP contribution in [0.3, 0.4) is 0 Å². The second-order valence-corrected chi connectivity index (χ2v) is 8.55. The molecule has 0 aliphatic heterocycles. The number of aromatic amines is 1. The Kier molecular flexibility index (Phi) is 7.16. The fourth-order valence-electron chi connectivity index (χ4n) is 4.08. The summed E-state index contributed by atoms with van der Waals surface area (Å²) >= 11 is 5.83. The van der Waals surface area contributed by atoms with Crippen LogP contribution >= 0.6 is 11.6 Å². The Hall–Kier alpha value is -3.72. The normalized spacial score (nSPS) is 11.2. The predicted octanol–water partition coefficient (Wildman–Crippen LogP) is 4.09. The maximum atomic E-state index is 13.0. The molecule has 0 radical (unpaired) electrons. The molecule has 0 aliphatic rings. The van der Waals surface area contributed by atoms with Crippen molar-refractivity contribution in [3.8, 4) is 11.3 Å². The molecule has 4 rings (SSSR count). The van der Waals surface area contributed by atoms with Crippen molar-refractivity contribution in [3.63, 3.8) is 0 Å². The summed E-state index contributed by atoms with van der Waals surface area (Å²) in [6.07, 6.45) is 4.53. The molecule has 9 nitrogen and oxygen atoms in total. The van der Waals surface area contributed by atoms with Crippen molar-refractivity contribution < 1.29 is 4.79 Å². The van der Waals surface area contributed by atoms with E-state index in [0.29, 0.717) is 59.3 Å². The lowest BCUT2D eigenvalue weighted by Gasteiger charge is -2.20. The maximum absolute atomic E-state index is 13.0. The third-order valence-electron chi connectivity index (χ3n) is 5.77. The summed E-state index contributed by atoms with van der Waals surface area (Å²) in [5.41, 5.74) is 2.17. The van der Waals surface area contributed by atoms with Gasteiger partial charge in [0.15, 0.2) is 0 Å². The Bertz CT molecular complexity index is 1470. The van der Waals surface area contributed by atoms with Crippen molar-refractivity contribution >= 4 is 34.4 Å². The van der Waals surface area contributed by atoms with Gasteiger partial charge in [0.2, 0.25) is 0 Å². The van der Waals surface area contributed by atoms with Gasteiger partial charge in [-0.25, -0.2) is 14.8 Å². The van der Waals surface area contributed by atoms with Crippen LogP contribution in [-0.2, 0) is 13.1 Å². The van der Waals surface area contributed by atoms with Crippen molar-refractivity contribution in [2.45, 2.75) is 46.7 Å². The highest BCUT2D eigenvalue weighted by atomic mass is 35.5. The molecule has 0 unspecified atom stereocenters. The molecule has 1 amide bonds. The van der Waals surface area contributed by atoms with E-state index >= 15 is 0 Å². The van der Waals surface area contributed by atoms with Crippen molar-refractivity contribution in [2.75, 3.05) is 11.4 Å². The lowest BCUT2D eigenvalue weighted by molar-refractivity contribution is 0.0987. The van der Waals surface area contributed by atoms with Crippen LogP contribution in [0.2, 0.25) is 5.15 Å². The summed E-state index contributed by atoms with van der Waals surface area (Å²) in [4.78, 5) is 52.1. The number of hydrogen-bond donors (Lipinski definition) is 1. The lowest BCUT2D eigenvalue weighted by atomic mass is 10.2. The van der Waals surface area contributed by atoms with Gasteiger partial charge in [0, 0.05) is 43.3 Å². The molecule has 4 heterocycles. The quantitative estimate of drug-likeness (QED) is 0.371. The third-order valence-corrected chi connectivity index (χ3v) is 6.00. The van der Waals surface area contributed by atoms with Gasteiger partial charge in [-0.1, -0.05) is 25.4 Å². The highest BCUT2D eigenvalue weighted by Crippen LogP contribution is 2.24. The SMILES string of the molecule is CCCn1c(=O)c2[nH]c(-c3ccc(N(CC)C(=O)c4ccc(Cl)nc4)nc3)cc2n(CCC)c1=O. The lowest BCUT2D eigenvalue weighted by Crippen LogP contribution is -2.39. The molecule has 35 heavy (non-hydrogen) atoms. The van der Waals surface area contributed by atoms with Gasteiger partial charge < -0.3 is 4.98 Å². The number of carbonyl (C=O) groups excluding carboxylic acids is 1. The molecule has 0 atom stereocenters. The summed E-state index contributed by atoms with van der Waals surface area (Å²) in [5, 5.41) is 0.316. The Morgan fingerprint density at radius 1 is 1.00 bits per heavy atom. The number of halogens is 1. The van der Waals surface area contributed by atoms with E-state index in [1.807, 2.05) is 32.9 Å². The largest absolute Gasteiger partial charge is 0.349 e. The number of amides is 1. The zero-order valence-corrected chi connectivity index (χ0v) is 20.7. The zero-order valence-electron chi connectivity index (χ0n) is 19.9. The fraction of sp³-hybridized carbons (Fsp3) is 0.320. The van der Waals surface area contributed by atoms with E-state index < -0.39 is 0 Å². The minimum Gasteiger partial charge on any atom is -0.349 e. The van der Waals surface area contributed by atoms with Crippen LogP contribution in [0.4, 0.5) is 5.82 Å². The van der Waals surface area contributed by atoms with E-state index in [-0.39, 0.29) is 17.2 Å². The van der Waals surface area contributed by atoms with E-state index in [1.165, 1.54) is 10.8 Å². The van der Waals surface area contributed by atoms with E-state index in [4.69, 9.17) is 11.6 Å². The van der Waals surface area contributed by atoms with E-state index in [9.17, 15) is 14.4 Å². The van der Waals surface area contributed by atoms with E-state index in [1.54, 1.807) is 33.9 Å². The second-order valence-electron chi connectivity index (χ2n) is 8.16.